The monoisotopic (exact) mass is 257 g/mol. The van der Waals surface area contributed by atoms with Crippen molar-refractivity contribution in [2.75, 3.05) is 6.54 Å². The molecular weight excluding hydrogens is 242 g/mol. The zero-order valence-electron chi connectivity index (χ0n) is 9.65. The Bertz CT molecular complexity index is 429. The summed E-state index contributed by atoms with van der Waals surface area (Å²) < 4.78 is 0.209. The zero-order valence-corrected chi connectivity index (χ0v) is 11.3. The van der Waals surface area contributed by atoms with Crippen LogP contribution in [0, 0.1) is 6.92 Å². The van der Waals surface area contributed by atoms with Gasteiger partial charge in [0.1, 0.15) is 5.75 Å². The van der Waals surface area contributed by atoms with Crippen molar-refractivity contribution in [3.8, 4) is 5.75 Å². The molecule has 4 heteroatoms. The van der Waals surface area contributed by atoms with Crippen molar-refractivity contribution in [3.05, 3.63) is 29.3 Å². The van der Waals surface area contributed by atoms with Crippen LogP contribution in [0.5, 0.6) is 5.75 Å². The van der Waals surface area contributed by atoms with Gasteiger partial charge in [0.25, 0.3) is 0 Å². The summed E-state index contributed by atoms with van der Waals surface area (Å²) in [7, 11) is 0. The summed E-state index contributed by atoms with van der Waals surface area (Å²) in [5.74, 6) is 0.349. The first-order chi connectivity index (χ1) is 6.98. The molecule has 1 N–H and O–H groups in total. The number of nitrogens with zero attached hydrogens (tertiary/aromatic N) is 1. The molecule has 0 aromatic heterocycles. The zero-order chi connectivity index (χ0) is 11.1. The first-order valence-corrected chi connectivity index (χ1v) is 5.83. The molecule has 0 fully saturated rings. The van der Waals surface area contributed by atoms with Crippen molar-refractivity contribution >= 4 is 29.2 Å². The van der Waals surface area contributed by atoms with Gasteiger partial charge in [-0.1, -0.05) is 11.8 Å². The van der Waals surface area contributed by atoms with E-state index < -0.39 is 0 Å². The summed E-state index contributed by atoms with van der Waals surface area (Å²) in [5, 5.41) is 10.5. The lowest BCUT2D eigenvalue weighted by Gasteiger charge is -2.14. The van der Waals surface area contributed by atoms with Crippen LogP contribution in [0.4, 0.5) is 0 Å². The molecule has 2 nitrogen and oxygen atoms in total. The maximum Gasteiger partial charge on any atom is 0.118 e. The molecule has 1 aromatic carbocycles. The molecule has 0 radical (unpaired) electrons. The van der Waals surface area contributed by atoms with Crippen LogP contribution in [-0.2, 0) is 0 Å². The van der Waals surface area contributed by atoms with Crippen LogP contribution in [0.1, 0.15) is 25.0 Å². The summed E-state index contributed by atoms with van der Waals surface area (Å²) in [4.78, 5) is 4.53. The number of aliphatic imine (C=N–C) groups is 1. The fourth-order valence-electron chi connectivity index (χ4n) is 1.53. The number of halogens is 1. The van der Waals surface area contributed by atoms with E-state index in [0.29, 0.717) is 5.75 Å². The Morgan fingerprint density at radius 3 is 2.56 bits per heavy atom. The van der Waals surface area contributed by atoms with Crippen molar-refractivity contribution in [2.24, 2.45) is 4.99 Å². The lowest BCUT2D eigenvalue weighted by molar-refractivity contribution is 0.471. The average molecular weight is 258 g/mol. The molecule has 0 spiro atoms. The molecular formula is C12H16ClNOS. The lowest BCUT2D eigenvalue weighted by Crippen LogP contribution is -2.14. The molecule has 0 saturated carbocycles. The lowest BCUT2D eigenvalue weighted by atomic mass is 10.1. The molecule has 1 aromatic rings. The highest BCUT2D eigenvalue weighted by Crippen LogP contribution is 2.35. The average Bonchev–Trinajstić information content (AvgIpc) is 2.51. The number of thioether (sulfide) groups is 1. The van der Waals surface area contributed by atoms with E-state index in [9.17, 15) is 5.11 Å². The first kappa shape index (κ1) is 13.4. The Morgan fingerprint density at radius 1 is 1.38 bits per heavy atom. The van der Waals surface area contributed by atoms with Crippen LogP contribution in [0.3, 0.4) is 0 Å². The van der Waals surface area contributed by atoms with Crippen molar-refractivity contribution in [1.82, 2.24) is 0 Å². The van der Waals surface area contributed by atoms with Crippen molar-refractivity contribution in [3.63, 3.8) is 0 Å². The third-order valence-corrected chi connectivity index (χ3v) is 3.66. The van der Waals surface area contributed by atoms with E-state index >= 15 is 0 Å². The van der Waals surface area contributed by atoms with Crippen molar-refractivity contribution < 1.29 is 5.11 Å². The number of rotatable bonds is 1. The molecule has 2 rings (SSSR count). The smallest absolute Gasteiger partial charge is 0.118 e. The number of aromatic hydroxyl groups is 1. The Kier molecular flexibility index (Phi) is 3.92. The molecule has 16 heavy (non-hydrogen) atoms. The second kappa shape index (κ2) is 4.68. The molecule has 1 aliphatic rings. The highest BCUT2D eigenvalue weighted by Gasteiger charge is 2.27. The molecule has 1 aliphatic heterocycles. The number of benzene rings is 1. The minimum Gasteiger partial charge on any atom is -0.508 e. The summed E-state index contributed by atoms with van der Waals surface area (Å²) in [6.45, 7) is 7.17. The Hall–Kier alpha value is -0.670. The fourth-order valence-corrected chi connectivity index (χ4v) is 2.55. The summed E-state index contributed by atoms with van der Waals surface area (Å²) in [5.41, 5.74) is 2.02. The predicted molar refractivity (Wildman–Crippen MR) is 73.2 cm³/mol. The van der Waals surface area contributed by atoms with Crippen LogP contribution < -0.4 is 0 Å². The Morgan fingerprint density at radius 2 is 2.06 bits per heavy atom. The van der Waals surface area contributed by atoms with E-state index in [1.807, 2.05) is 19.1 Å². The van der Waals surface area contributed by atoms with Gasteiger partial charge < -0.3 is 5.11 Å². The highest BCUT2D eigenvalue weighted by atomic mass is 35.5. The Balaban J connectivity index is 0.00000128. The van der Waals surface area contributed by atoms with Gasteiger partial charge in [0.2, 0.25) is 0 Å². The molecule has 0 unspecified atom stereocenters. The minimum absolute atomic E-state index is 0. The van der Waals surface area contributed by atoms with E-state index in [2.05, 4.69) is 18.8 Å². The van der Waals surface area contributed by atoms with Gasteiger partial charge in [-0.25, -0.2) is 0 Å². The third-order valence-electron chi connectivity index (χ3n) is 2.42. The van der Waals surface area contributed by atoms with Gasteiger partial charge in [0, 0.05) is 10.3 Å². The van der Waals surface area contributed by atoms with Gasteiger partial charge in [-0.05, 0) is 44.5 Å². The quantitative estimate of drug-likeness (QED) is 0.837. The maximum atomic E-state index is 9.44. The maximum absolute atomic E-state index is 9.44. The normalized spacial score (nSPS) is 17.8. The van der Waals surface area contributed by atoms with Crippen LogP contribution in [-0.4, -0.2) is 21.4 Å². The van der Waals surface area contributed by atoms with Gasteiger partial charge in [0.05, 0.1) is 11.6 Å². The van der Waals surface area contributed by atoms with Gasteiger partial charge in [0.15, 0.2) is 0 Å². The summed E-state index contributed by atoms with van der Waals surface area (Å²) in [6, 6.07) is 5.65. The van der Waals surface area contributed by atoms with E-state index in [1.54, 1.807) is 17.8 Å². The second-order valence-corrected chi connectivity index (χ2v) is 6.18. The van der Waals surface area contributed by atoms with Crippen LogP contribution in [0.15, 0.2) is 23.2 Å². The van der Waals surface area contributed by atoms with Crippen molar-refractivity contribution in [1.29, 1.82) is 0 Å². The number of aryl methyl sites for hydroxylation is 1. The van der Waals surface area contributed by atoms with Crippen LogP contribution in [0.2, 0.25) is 0 Å². The molecule has 88 valence electrons. The molecule has 0 amide bonds. The fraction of sp³-hybridized carbons (Fsp3) is 0.417. The predicted octanol–water partition coefficient (Wildman–Crippen LogP) is 3.39. The molecule has 0 atom stereocenters. The Labute approximate surface area is 107 Å². The van der Waals surface area contributed by atoms with Gasteiger partial charge in [-0.3, -0.25) is 4.99 Å². The van der Waals surface area contributed by atoms with E-state index in [1.165, 1.54) is 0 Å². The standard InChI is InChI=1S/C12H15NOS.ClH/c1-8-6-9(4-5-10(8)14)11-13-7-12(2,3)15-11;/h4-6,14H,7H2,1-3H3;1H. The molecule has 0 bridgehead atoms. The van der Waals surface area contributed by atoms with E-state index in [4.69, 9.17) is 0 Å². The second-order valence-electron chi connectivity index (χ2n) is 4.48. The molecule has 1 heterocycles. The third kappa shape index (κ3) is 2.71. The number of phenols is 1. The van der Waals surface area contributed by atoms with Crippen LogP contribution >= 0.6 is 24.2 Å². The molecule has 0 aliphatic carbocycles. The number of hydrogen-bond donors (Lipinski definition) is 1. The summed E-state index contributed by atoms with van der Waals surface area (Å²) >= 11 is 1.80. The SMILES string of the molecule is Cc1cc(C2=NCC(C)(C)S2)ccc1O.Cl. The largest absolute Gasteiger partial charge is 0.508 e. The first-order valence-electron chi connectivity index (χ1n) is 5.01. The minimum atomic E-state index is 0. The van der Waals surface area contributed by atoms with Crippen molar-refractivity contribution in [2.45, 2.75) is 25.5 Å². The number of hydrogen-bond acceptors (Lipinski definition) is 3. The number of phenolic OH excluding ortho intramolecular Hbond substituents is 1. The highest BCUT2D eigenvalue weighted by molar-refractivity contribution is 8.15. The van der Waals surface area contributed by atoms with Gasteiger partial charge in [-0.15, -0.1) is 12.4 Å². The van der Waals surface area contributed by atoms with Gasteiger partial charge >= 0.3 is 0 Å². The van der Waals surface area contributed by atoms with Gasteiger partial charge in [-0.2, -0.15) is 0 Å². The van der Waals surface area contributed by atoms with E-state index in [0.717, 1.165) is 22.7 Å². The van der Waals surface area contributed by atoms with Crippen LogP contribution in [0.25, 0.3) is 0 Å². The topological polar surface area (TPSA) is 32.6 Å². The molecule has 0 saturated heterocycles. The van der Waals surface area contributed by atoms with E-state index in [-0.39, 0.29) is 17.2 Å². The summed E-state index contributed by atoms with van der Waals surface area (Å²) in [6.07, 6.45) is 0.